The van der Waals surface area contributed by atoms with Crippen LogP contribution in [0.5, 0.6) is 0 Å². The second-order valence-electron chi connectivity index (χ2n) is 4.26. The van der Waals surface area contributed by atoms with E-state index in [1.807, 2.05) is 0 Å². The second kappa shape index (κ2) is 8.11. The normalized spacial score (nSPS) is 9.95. The van der Waals surface area contributed by atoms with Crippen molar-refractivity contribution in [3.63, 3.8) is 0 Å². The van der Waals surface area contributed by atoms with Gasteiger partial charge in [0.25, 0.3) is 0 Å². The number of anilines is 1. The van der Waals surface area contributed by atoms with Crippen LogP contribution >= 0.6 is 11.6 Å². The van der Waals surface area contributed by atoms with E-state index in [4.69, 9.17) is 22.4 Å². The van der Waals surface area contributed by atoms with Crippen molar-refractivity contribution in [3.8, 4) is 0 Å². The summed E-state index contributed by atoms with van der Waals surface area (Å²) < 4.78 is 0. The van der Waals surface area contributed by atoms with Crippen LogP contribution in [-0.2, 0) is 9.59 Å². The average molecular weight is 314 g/mol. The molecule has 0 bridgehead atoms. The third-order valence-corrected chi connectivity index (χ3v) is 2.77. The summed E-state index contributed by atoms with van der Waals surface area (Å²) in [6.07, 6.45) is 0.536. The standard InChI is InChI=1S/C13H16ClN3O4/c14-9-3-1-4-10(7-9)17(8-12(19)20)13(21)16-6-2-5-11(15)18/h1,3-4,7H,2,5-6,8H2,(H2,15,18)(H,16,21)(H,19,20). The Morgan fingerprint density at radius 3 is 2.62 bits per heavy atom. The number of halogens is 1. The Morgan fingerprint density at radius 2 is 2.05 bits per heavy atom. The van der Waals surface area contributed by atoms with Crippen LogP contribution in [0.3, 0.4) is 0 Å². The molecule has 0 aliphatic rings. The third-order valence-electron chi connectivity index (χ3n) is 2.53. The number of amides is 3. The number of primary amides is 1. The topological polar surface area (TPSA) is 113 Å². The molecule has 3 amide bonds. The molecule has 1 aromatic carbocycles. The fraction of sp³-hybridized carbons (Fsp3) is 0.308. The first-order valence-corrected chi connectivity index (χ1v) is 6.59. The van der Waals surface area contributed by atoms with Gasteiger partial charge in [-0.2, -0.15) is 0 Å². The molecule has 0 saturated heterocycles. The Hall–Kier alpha value is -2.28. The molecule has 0 atom stereocenters. The zero-order chi connectivity index (χ0) is 15.8. The van der Waals surface area contributed by atoms with Gasteiger partial charge in [0.15, 0.2) is 0 Å². The zero-order valence-electron chi connectivity index (χ0n) is 11.2. The Kier molecular flexibility index (Phi) is 6.48. The highest BCUT2D eigenvalue weighted by atomic mass is 35.5. The number of carboxylic acids is 1. The summed E-state index contributed by atoms with van der Waals surface area (Å²) in [5, 5.41) is 11.8. The molecule has 1 aromatic rings. The van der Waals surface area contributed by atoms with Crippen molar-refractivity contribution in [1.82, 2.24) is 5.32 Å². The maximum absolute atomic E-state index is 12.0. The van der Waals surface area contributed by atoms with Crippen molar-refractivity contribution in [2.24, 2.45) is 5.73 Å². The van der Waals surface area contributed by atoms with Crippen LogP contribution < -0.4 is 16.0 Å². The van der Waals surface area contributed by atoms with Crippen molar-refractivity contribution in [3.05, 3.63) is 29.3 Å². The van der Waals surface area contributed by atoms with Gasteiger partial charge in [-0.25, -0.2) is 4.79 Å². The summed E-state index contributed by atoms with van der Waals surface area (Å²) in [6, 6.07) is 5.73. The van der Waals surface area contributed by atoms with Gasteiger partial charge in [0.1, 0.15) is 6.54 Å². The first-order valence-electron chi connectivity index (χ1n) is 6.21. The van der Waals surface area contributed by atoms with E-state index < -0.39 is 24.5 Å². The Balaban J connectivity index is 2.71. The summed E-state index contributed by atoms with van der Waals surface area (Å²) in [7, 11) is 0. The summed E-state index contributed by atoms with van der Waals surface area (Å²) in [6.45, 7) is -0.277. The van der Waals surface area contributed by atoms with Crippen LogP contribution in [-0.4, -0.2) is 36.1 Å². The molecular weight excluding hydrogens is 298 g/mol. The number of aliphatic carboxylic acids is 1. The predicted octanol–water partition coefficient (Wildman–Crippen LogP) is 1.21. The molecule has 0 aromatic heterocycles. The molecule has 0 heterocycles. The molecule has 114 valence electrons. The number of benzene rings is 1. The number of hydrogen-bond acceptors (Lipinski definition) is 3. The maximum Gasteiger partial charge on any atom is 0.323 e. The molecule has 0 radical (unpaired) electrons. The number of carboxylic acid groups (broad SMARTS) is 1. The number of nitrogens with one attached hydrogen (secondary N) is 1. The van der Waals surface area contributed by atoms with Gasteiger partial charge in [-0.1, -0.05) is 17.7 Å². The quantitative estimate of drug-likeness (QED) is 0.656. The van der Waals surface area contributed by atoms with Gasteiger partial charge in [-0.15, -0.1) is 0 Å². The van der Waals surface area contributed by atoms with Crippen molar-refractivity contribution >= 4 is 35.2 Å². The van der Waals surface area contributed by atoms with E-state index in [9.17, 15) is 14.4 Å². The Labute approximate surface area is 126 Å². The first-order chi connectivity index (χ1) is 9.90. The molecule has 1 rings (SSSR count). The van der Waals surface area contributed by atoms with Crippen molar-refractivity contribution in [2.45, 2.75) is 12.8 Å². The van der Waals surface area contributed by atoms with Gasteiger partial charge in [0.2, 0.25) is 5.91 Å². The minimum absolute atomic E-state index is 0.149. The van der Waals surface area contributed by atoms with E-state index >= 15 is 0 Å². The number of carbonyl (C=O) groups excluding carboxylic acids is 2. The van der Waals surface area contributed by atoms with Crippen molar-refractivity contribution < 1.29 is 19.5 Å². The van der Waals surface area contributed by atoms with E-state index in [0.29, 0.717) is 17.1 Å². The molecule has 0 spiro atoms. The maximum atomic E-state index is 12.0. The molecule has 8 heteroatoms. The van der Waals surface area contributed by atoms with Crippen LogP contribution in [0, 0.1) is 0 Å². The molecule has 0 aliphatic heterocycles. The Morgan fingerprint density at radius 1 is 1.33 bits per heavy atom. The van der Waals surface area contributed by atoms with Crippen molar-refractivity contribution in [1.29, 1.82) is 0 Å². The highest BCUT2D eigenvalue weighted by Crippen LogP contribution is 2.19. The number of nitrogens with two attached hydrogens (primary N) is 1. The molecule has 7 nitrogen and oxygen atoms in total. The van der Waals surface area contributed by atoms with Gasteiger partial charge in [0.05, 0.1) is 0 Å². The molecule has 21 heavy (non-hydrogen) atoms. The highest BCUT2D eigenvalue weighted by molar-refractivity contribution is 6.30. The predicted molar refractivity (Wildman–Crippen MR) is 78.3 cm³/mol. The lowest BCUT2D eigenvalue weighted by Crippen LogP contribution is -2.43. The van der Waals surface area contributed by atoms with Crippen molar-refractivity contribution in [2.75, 3.05) is 18.0 Å². The summed E-state index contributed by atoms with van der Waals surface area (Å²) in [4.78, 5) is 34.5. The van der Waals surface area contributed by atoms with E-state index in [1.165, 1.54) is 6.07 Å². The lowest BCUT2D eigenvalue weighted by molar-refractivity contribution is -0.135. The van der Waals surface area contributed by atoms with E-state index in [-0.39, 0.29) is 13.0 Å². The SMILES string of the molecule is NC(=O)CCCNC(=O)N(CC(=O)O)c1cccc(Cl)c1. The second-order valence-corrected chi connectivity index (χ2v) is 4.70. The molecule has 0 unspecified atom stereocenters. The highest BCUT2D eigenvalue weighted by Gasteiger charge is 2.18. The summed E-state index contributed by atoms with van der Waals surface area (Å²) in [5.74, 6) is -1.61. The largest absolute Gasteiger partial charge is 0.480 e. The van der Waals surface area contributed by atoms with Crippen LogP contribution in [0.1, 0.15) is 12.8 Å². The number of carbonyl (C=O) groups is 3. The lowest BCUT2D eigenvalue weighted by atomic mass is 10.3. The van der Waals surface area contributed by atoms with Gasteiger partial charge >= 0.3 is 12.0 Å². The van der Waals surface area contributed by atoms with Gasteiger partial charge in [-0.3, -0.25) is 14.5 Å². The lowest BCUT2D eigenvalue weighted by Gasteiger charge is -2.21. The Bertz CT molecular complexity index is 536. The smallest absolute Gasteiger partial charge is 0.323 e. The van der Waals surface area contributed by atoms with Gasteiger partial charge in [0, 0.05) is 23.7 Å². The van der Waals surface area contributed by atoms with Crippen LogP contribution in [0.25, 0.3) is 0 Å². The molecular formula is C13H16ClN3O4. The van der Waals surface area contributed by atoms with E-state index in [2.05, 4.69) is 5.32 Å². The minimum atomic E-state index is -1.15. The summed E-state index contributed by atoms with van der Waals surface area (Å²) >= 11 is 5.83. The van der Waals surface area contributed by atoms with Crippen LogP contribution in [0.4, 0.5) is 10.5 Å². The molecule has 0 fully saturated rings. The van der Waals surface area contributed by atoms with Gasteiger partial charge in [-0.05, 0) is 24.6 Å². The fourth-order valence-corrected chi connectivity index (χ4v) is 1.80. The molecule has 4 N–H and O–H groups in total. The number of urea groups is 1. The summed E-state index contributed by atoms with van der Waals surface area (Å²) in [5.41, 5.74) is 5.36. The molecule has 0 saturated carbocycles. The monoisotopic (exact) mass is 313 g/mol. The first kappa shape index (κ1) is 16.8. The third kappa shape index (κ3) is 6.13. The van der Waals surface area contributed by atoms with Gasteiger partial charge < -0.3 is 16.2 Å². The zero-order valence-corrected chi connectivity index (χ0v) is 12.0. The van der Waals surface area contributed by atoms with Crippen LogP contribution in [0.15, 0.2) is 24.3 Å². The van der Waals surface area contributed by atoms with E-state index in [0.717, 1.165) is 4.90 Å². The fourth-order valence-electron chi connectivity index (χ4n) is 1.61. The minimum Gasteiger partial charge on any atom is -0.480 e. The average Bonchev–Trinajstić information content (AvgIpc) is 2.40. The number of nitrogens with zero attached hydrogens (tertiary/aromatic N) is 1. The van der Waals surface area contributed by atoms with E-state index in [1.54, 1.807) is 18.2 Å². The number of hydrogen-bond donors (Lipinski definition) is 3. The molecule has 0 aliphatic carbocycles. The number of rotatable bonds is 7. The van der Waals surface area contributed by atoms with Crippen LogP contribution in [0.2, 0.25) is 5.02 Å².